The predicted octanol–water partition coefficient (Wildman–Crippen LogP) is -1.06. The molecule has 0 saturated carbocycles. The van der Waals surface area contributed by atoms with E-state index in [9.17, 15) is 0 Å². The largest absolute Gasteiger partial charge is 0.368 e. The summed E-state index contributed by atoms with van der Waals surface area (Å²) in [6.07, 6.45) is 0. The molecule has 0 fully saturated rings. The van der Waals surface area contributed by atoms with E-state index in [1.807, 2.05) is 5.29 Å². The minimum atomic E-state index is -0.315. The van der Waals surface area contributed by atoms with Crippen LogP contribution in [-0.2, 0) is 16.5 Å². The standard InChI is InChI=1S/CH4N4O.Ni/c2-1(3)4-5-6;/h(H4,2,3,4,6);. The van der Waals surface area contributed by atoms with Gasteiger partial charge in [-0.3, -0.25) is 0 Å². The molecule has 0 saturated heterocycles. The Kier molecular flexibility index (Phi) is 7.37. The molecule has 0 unspecified atom stereocenters. The molecule has 4 N–H and O–H groups in total. The molecule has 0 aromatic carbocycles. The quantitative estimate of drug-likeness (QED) is 0.162. The Hall–Kier alpha value is -0.636. The Morgan fingerprint density at radius 3 is 1.86 bits per heavy atom. The van der Waals surface area contributed by atoms with E-state index in [1.54, 1.807) is 0 Å². The van der Waals surface area contributed by atoms with Crippen molar-refractivity contribution in [3.8, 4) is 0 Å². The van der Waals surface area contributed by atoms with E-state index in [4.69, 9.17) is 4.91 Å². The van der Waals surface area contributed by atoms with Crippen LogP contribution in [0.1, 0.15) is 0 Å². The Bertz CT molecular complexity index is 75.8. The summed E-state index contributed by atoms with van der Waals surface area (Å²) in [5, 5.41) is 4.69. The van der Waals surface area contributed by atoms with Crippen LogP contribution in [0.4, 0.5) is 0 Å². The Labute approximate surface area is 50.0 Å². The molecule has 7 heavy (non-hydrogen) atoms. The van der Waals surface area contributed by atoms with Gasteiger partial charge < -0.3 is 11.5 Å². The molecular weight excluding hydrogens is 143 g/mol. The normalized spacial score (nSPS) is 5.71. The third-order valence-corrected chi connectivity index (χ3v) is 0.156. The average Bonchev–Trinajstić information content (AvgIpc) is 1.35. The van der Waals surface area contributed by atoms with Gasteiger partial charge in [-0.1, -0.05) is 5.10 Å². The van der Waals surface area contributed by atoms with E-state index in [2.05, 4.69) is 16.6 Å². The van der Waals surface area contributed by atoms with E-state index in [1.165, 1.54) is 0 Å². The van der Waals surface area contributed by atoms with Crippen molar-refractivity contribution in [1.29, 1.82) is 0 Å². The average molecular weight is 147 g/mol. The van der Waals surface area contributed by atoms with Gasteiger partial charge in [0.25, 0.3) is 0 Å². The number of guanidine groups is 1. The maximum absolute atomic E-state index is 9.02. The third kappa shape index (κ3) is 10.9. The van der Waals surface area contributed by atoms with Crippen LogP contribution in [0.25, 0.3) is 0 Å². The van der Waals surface area contributed by atoms with Gasteiger partial charge in [0.15, 0.2) is 0 Å². The smallest absolute Gasteiger partial charge is 0.214 e. The number of nitrogens with two attached hydrogens (primary N) is 2. The molecule has 0 rings (SSSR count). The Morgan fingerprint density at radius 1 is 1.43 bits per heavy atom. The minimum Gasteiger partial charge on any atom is -0.368 e. The molecule has 6 heteroatoms. The molecule has 44 valence electrons. The maximum Gasteiger partial charge on any atom is 0.214 e. The predicted molar refractivity (Wildman–Crippen MR) is 21.6 cm³/mol. The van der Waals surface area contributed by atoms with Gasteiger partial charge in [-0.25, -0.2) is 0 Å². The van der Waals surface area contributed by atoms with E-state index >= 15 is 0 Å². The molecule has 0 radical (unpaired) electrons. The van der Waals surface area contributed by atoms with Gasteiger partial charge in [0.05, 0.1) is 5.29 Å². The number of nitroso groups, excluding NO2 is 1. The van der Waals surface area contributed by atoms with Crippen LogP contribution < -0.4 is 11.5 Å². The van der Waals surface area contributed by atoms with Crippen molar-refractivity contribution in [3.63, 3.8) is 0 Å². The second-order valence-electron chi connectivity index (χ2n) is 0.607. The summed E-state index contributed by atoms with van der Waals surface area (Å²) in [7, 11) is 0. The number of rotatable bonds is 1. The number of hydrogen-bond acceptors (Lipinski definition) is 2. The molecular formula is CH4N4NiO. The van der Waals surface area contributed by atoms with Crippen molar-refractivity contribution in [1.82, 2.24) is 0 Å². The molecule has 0 amide bonds. The fourth-order valence-corrected chi connectivity index (χ4v) is 0.0471. The second-order valence-corrected chi connectivity index (χ2v) is 0.607. The molecule has 0 aliphatic rings. The summed E-state index contributed by atoms with van der Waals surface area (Å²) >= 11 is 0. The van der Waals surface area contributed by atoms with Gasteiger partial charge in [-0.05, 0) is 0 Å². The summed E-state index contributed by atoms with van der Waals surface area (Å²) in [4.78, 5) is 9.02. The molecule has 0 aromatic rings. The van der Waals surface area contributed by atoms with Crippen LogP contribution in [0.2, 0.25) is 0 Å². The Morgan fingerprint density at radius 2 is 1.86 bits per heavy atom. The first kappa shape index (κ1) is 9.61. The molecule has 0 aliphatic heterocycles. The van der Waals surface area contributed by atoms with Crippen molar-refractivity contribution >= 4 is 5.96 Å². The molecule has 5 nitrogen and oxygen atoms in total. The van der Waals surface area contributed by atoms with E-state index in [0.29, 0.717) is 0 Å². The van der Waals surface area contributed by atoms with Gasteiger partial charge in [0.1, 0.15) is 0 Å². The molecule has 0 atom stereocenters. The fourth-order valence-electron chi connectivity index (χ4n) is 0.0471. The van der Waals surface area contributed by atoms with Gasteiger partial charge in [-0.15, -0.1) is 4.91 Å². The molecule has 0 aromatic heterocycles. The first-order chi connectivity index (χ1) is 2.77. The summed E-state index contributed by atoms with van der Waals surface area (Å²) in [6.45, 7) is 0. The van der Waals surface area contributed by atoms with Crippen molar-refractivity contribution in [2.24, 2.45) is 21.9 Å². The first-order valence-electron chi connectivity index (χ1n) is 1.18. The monoisotopic (exact) mass is 146 g/mol. The van der Waals surface area contributed by atoms with Gasteiger partial charge >= 0.3 is 0 Å². The number of nitrogens with zero attached hydrogens (tertiary/aromatic N) is 2. The van der Waals surface area contributed by atoms with E-state index < -0.39 is 0 Å². The SMILES string of the molecule is NC(N)=NN=O.[Ni]. The first-order valence-corrected chi connectivity index (χ1v) is 1.18. The number of hydrogen-bond donors (Lipinski definition) is 2. The molecule has 0 aliphatic carbocycles. The zero-order chi connectivity index (χ0) is 4.99. The van der Waals surface area contributed by atoms with Crippen molar-refractivity contribution in [3.05, 3.63) is 4.91 Å². The summed E-state index contributed by atoms with van der Waals surface area (Å²) in [5.41, 5.74) is 9.27. The summed E-state index contributed by atoms with van der Waals surface area (Å²) in [6, 6.07) is 0. The van der Waals surface area contributed by atoms with Crippen LogP contribution in [0.15, 0.2) is 10.4 Å². The van der Waals surface area contributed by atoms with Crippen molar-refractivity contribution in [2.45, 2.75) is 0 Å². The van der Waals surface area contributed by atoms with Gasteiger partial charge in [0, 0.05) is 16.5 Å². The van der Waals surface area contributed by atoms with E-state index in [-0.39, 0.29) is 22.5 Å². The van der Waals surface area contributed by atoms with Gasteiger partial charge in [0.2, 0.25) is 5.96 Å². The van der Waals surface area contributed by atoms with Crippen molar-refractivity contribution in [2.75, 3.05) is 0 Å². The zero-order valence-electron chi connectivity index (χ0n) is 3.27. The second kappa shape index (κ2) is 5.36. The van der Waals surface area contributed by atoms with Crippen LogP contribution in [0.3, 0.4) is 0 Å². The fraction of sp³-hybridized carbons (Fsp3) is 0. The summed E-state index contributed by atoms with van der Waals surface area (Å²) in [5.74, 6) is -0.315. The van der Waals surface area contributed by atoms with Gasteiger partial charge in [-0.2, -0.15) is 0 Å². The van der Waals surface area contributed by atoms with E-state index in [0.717, 1.165) is 0 Å². The topological polar surface area (TPSA) is 93.8 Å². The molecule has 0 heterocycles. The van der Waals surface area contributed by atoms with Crippen LogP contribution >= 0.6 is 0 Å². The molecule has 0 bridgehead atoms. The van der Waals surface area contributed by atoms with Crippen LogP contribution in [0, 0.1) is 4.91 Å². The van der Waals surface area contributed by atoms with Crippen molar-refractivity contribution < 1.29 is 16.5 Å². The van der Waals surface area contributed by atoms with Crippen LogP contribution in [-0.4, -0.2) is 5.96 Å². The Balaban J connectivity index is 0. The third-order valence-electron chi connectivity index (χ3n) is 0.156. The maximum atomic E-state index is 9.02. The summed E-state index contributed by atoms with van der Waals surface area (Å²) < 4.78 is 0. The zero-order valence-corrected chi connectivity index (χ0v) is 4.26. The van der Waals surface area contributed by atoms with Crippen LogP contribution in [0.5, 0.6) is 0 Å². The molecule has 0 spiro atoms. The minimum absolute atomic E-state index is 0.